The number of carbonyl (C=O) groups is 4. The highest BCUT2D eigenvalue weighted by Gasteiger charge is 2.47. The van der Waals surface area contributed by atoms with E-state index in [1.54, 1.807) is 28.2 Å². The molecule has 2 aromatic carbocycles. The Kier molecular flexibility index (Phi) is 13.4. The molecule has 0 N–H and O–H groups in total. The van der Waals surface area contributed by atoms with Crippen LogP contribution in [0.2, 0.25) is 0 Å². The minimum absolute atomic E-state index is 0.168. The maximum Gasteiger partial charge on any atom is 0.299 e. The van der Waals surface area contributed by atoms with Crippen molar-refractivity contribution in [3.8, 4) is 0 Å². The van der Waals surface area contributed by atoms with Crippen molar-refractivity contribution in [2.24, 2.45) is 5.41 Å². The van der Waals surface area contributed by atoms with Crippen LogP contribution in [0.4, 0.5) is 17.6 Å². The van der Waals surface area contributed by atoms with E-state index in [9.17, 15) is 27.2 Å². The lowest BCUT2D eigenvalue weighted by atomic mass is 9.74. The van der Waals surface area contributed by atoms with E-state index in [2.05, 4.69) is 0 Å². The fraction of sp³-hybridized carbons (Fsp3) is 0.407. The Bertz CT molecular complexity index is 905. The predicted octanol–water partition coefficient (Wildman–Crippen LogP) is 4.32. The molecule has 0 atom stereocenters. The number of nitrogens with zero attached hydrogens (tertiary/aromatic N) is 2. The Labute approximate surface area is 215 Å². The number of aldehydes is 2. The Morgan fingerprint density at radius 3 is 1.08 bits per heavy atom. The third-order valence-corrected chi connectivity index (χ3v) is 4.74. The van der Waals surface area contributed by atoms with Crippen LogP contribution in [0.15, 0.2) is 60.7 Å². The molecule has 0 aliphatic carbocycles. The van der Waals surface area contributed by atoms with Gasteiger partial charge in [-0.15, -0.1) is 0 Å². The summed E-state index contributed by atoms with van der Waals surface area (Å²) in [6.07, 6.45) is -0.0481. The third-order valence-electron chi connectivity index (χ3n) is 4.74. The normalized spacial score (nSPS) is 11.1. The monoisotopic (exact) mass is 526 g/mol. The number of hydrogen-bond acceptors (Lipinski definition) is 4. The molecule has 0 spiro atoms. The van der Waals surface area contributed by atoms with Crippen LogP contribution in [0.1, 0.15) is 25.0 Å². The van der Waals surface area contributed by atoms with Gasteiger partial charge in [0.25, 0.3) is 11.8 Å². The molecular weight excluding hydrogens is 492 g/mol. The highest BCUT2D eigenvalue weighted by atomic mass is 19.3. The first-order valence-corrected chi connectivity index (χ1v) is 11.2. The summed E-state index contributed by atoms with van der Waals surface area (Å²) < 4.78 is 44.3. The fourth-order valence-corrected chi connectivity index (χ4v) is 3.20. The zero-order chi connectivity index (χ0) is 28.9. The van der Waals surface area contributed by atoms with Crippen LogP contribution >= 0.6 is 0 Å². The summed E-state index contributed by atoms with van der Waals surface area (Å²) in [6, 6.07) is 19.5. The Hall–Kier alpha value is -3.56. The van der Waals surface area contributed by atoms with E-state index in [1.807, 2.05) is 60.7 Å². The van der Waals surface area contributed by atoms with Crippen molar-refractivity contribution in [2.45, 2.75) is 38.5 Å². The second-order valence-corrected chi connectivity index (χ2v) is 8.95. The number of amides is 2. The number of benzene rings is 2. The van der Waals surface area contributed by atoms with Gasteiger partial charge >= 0.3 is 0 Å². The molecule has 2 amide bonds. The summed E-state index contributed by atoms with van der Waals surface area (Å²) in [5, 5.41) is 0. The Balaban J connectivity index is 0.000000896. The van der Waals surface area contributed by atoms with Crippen LogP contribution in [0.25, 0.3) is 0 Å². The van der Waals surface area contributed by atoms with E-state index in [-0.39, 0.29) is 11.8 Å². The van der Waals surface area contributed by atoms with Gasteiger partial charge in [0.1, 0.15) is 5.41 Å². The van der Waals surface area contributed by atoms with Crippen LogP contribution in [0, 0.1) is 5.41 Å². The molecule has 2 aromatic rings. The van der Waals surface area contributed by atoms with Crippen LogP contribution in [-0.4, -0.2) is 74.2 Å². The second-order valence-electron chi connectivity index (χ2n) is 8.95. The molecule has 0 heterocycles. The predicted molar refractivity (Wildman–Crippen MR) is 133 cm³/mol. The van der Waals surface area contributed by atoms with Gasteiger partial charge in [-0.3, -0.25) is 19.2 Å². The maximum absolute atomic E-state index is 13.2. The lowest BCUT2D eigenvalue weighted by Crippen LogP contribution is -2.53. The number of hydrogen-bond donors (Lipinski definition) is 0. The number of carbonyl (C=O) groups excluding carboxylic acids is 4. The van der Waals surface area contributed by atoms with Crippen molar-refractivity contribution in [3.05, 3.63) is 71.8 Å². The Morgan fingerprint density at radius 1 is 0.649 bits per heavy atom. The van der Waals surface area contributed by atoms with Gasteiger partial charge in [-0.1, -0.05) is 60.7 Å². The third kappa shape index (κ3) is 12.8. The van der Waals surface area contributed by atoms with Crippen molar-refractivity contribution < 1.29 is 36.7 Å². The van der Waals surface area contributed by atoms with E-state index in [1.165, 1.54) is 9.80 Å². The van der Waals surface area contributed by atoms with Crippen LogP contribution < -0.4 is 0 Å². The van der Waals surface area contributed by atoms with E-state index >= 15 is 0 Å². The van der Waals surface area contributed by atoms with Gasteiger partial charge in [0, 0.05) is 42.0 Å². The minimum Gasteiger partial charge on any atom is -0.348 e. The van der Waals surface area contributed by atoms with E-state index in [4.69, 9.17) is 9.59 Å². The van der Waals surface area contributed by atoms with E-state index < -0.39 is 29.8 Å². The molecule has 0 saturated heterocycles. The van der Waals surface area contributed by atoms with Crippen molar-refractivity contribution in [3.63, 3.8) is 0 Å². The second kappa shape index (κ2) is 14.9. The molecule has 0 aliphatic heterocycles. The molecular formula is C27H34F4N2O4. The van der Waals surface area contributed by atoms with Crippen molar-refractivity contribution >= 4 is 24.4 Å². The zero-order valence-electron chi connectivity index (χ0n) is 21.9. The average Bonchev–Trinajstić information content (AvgIpc) is 2.83. The molecule has 0 aromatic heterocycles. The maximum atomic E-state index is 13.2. The molecule has 10 heteroatoms. The molecule has 0 saturated carbocycles. The molecule has 0 unspecified atom stereocenters. The van der Waals surface area contributed by atoms with Gasteiger partial charge in [-0.2, -0.15) is 17.6 Å². The van der Waals surface area contributed by atoms with Crippen LogP contribution in [-0.2, 0) is 32.0 Å². The molecule has 0 radical (unpaired) electrons. The SMILES string of the molecule is CC(F)(F)C=O.CC(F)(F)C=O.CN(C)C(=O)C(Cc1ccccc1)(Cc1ccccc1)C(=O)N(C)C. The summed E-state index contributed by atoms with van der Waals surface area (Å²) >= 11 is 0. The van der Waals surface area contributed by atoms with Gasteiger partial charge < -0.3 is 9.80 Å². The lowest BCUT2D eigenvalue weighted by molar-refractivity contribution is -0.153. The lowest BCUT2D eigenvalue weighted by Gasteiger charge is -2.36. The first-order valence-electron chi connectivity index (χ1n) is 11.2. The quantitative estimate of drug-likeness (QED) is 0.292. The molecule has 0 aliphatic rings. The number of rotatable bonds is 8. The standard InChI is InChI=1S/C21H26N2O2.2C3H4F2O/c1-22(2)19(24)21(20(25)23(3)4,15-17-11-7-5-8-12-17)16-18-13-9-6-10-14-18;2*1-3(4,5)2-6/h5-14H,15-16H2,1-4H3;2*2H,1H3. The summed E-state index contributed by atoms with van der Waals surface area (Å²) in [7, 11) is 6.82. The van der Waals surface area contributed by atoms with Crippen molar-refractivity contribution in [2.75, 3.05) is 28.2 Å². The van der Waals surface area contributed by atoms with Crippen LogP contribution in [0.5, 0.6) is 0 Å². The van der Waals surface area contributed by atoms with Gasteiger partial charge in [-0.05, 0) is 24.0 Å². The van der Waals surface area contributed by atoms with Gasteiger partial charge in [-0.25, -0.2) is 0 Å². The van der Waals surface area contributed by atoms with Gasteiger partial charge in [0.05, 0.1) is 0 Å². The molecule has 2 rings (SSSR count). The minimum atomic E-state index is -3.14. The topological polar surface area (TPSA) is 74.8 Å². The summed E-state index contributed by atoms with van der Waals surface area (Å²) in [5.74, 6) is -6.61. The summed E-state index contributed by atoms with van der Waals surface area (Å²) in [6.45, 7) is 1.08. The Morgan fingerprint density at radius 2 is 0.892 bits per heavy atom. The summed E-state index contributed by atoms with van der Waals surface area (Å²) in [4.78, 5) is 47.6. The molecule has 0 fully saturated rings. The molecule has 6 nitrogen and oxygen atoms in total. The van der Waals surface area contributed by atoms with Crippen LogP contribution in [0.3, 0.4) is 0 Å². The van der Waals surface area contributed by atoms with Crippen molar-refractivity contribution in [1.82, 2.24) is 9.80 Å². The number of halogens is 4. The fourth-order valence-electron chi connectivity index (χ4n) is 3.20. The highest BCUT2D eigenvalue weighted by Crippen LogP contribution is 2.32. The smallest absolute Gasteiger partial charge is 0.299 e. The molecule has 37 heavy (non-hydrogen) atoms. The first kappa shape index (κ1) is 33.4. The van der Waals surface area contributed by atoms with Gasteiger partial charge in [0.15, 0.2) is 12.6 Å². The van der Waals surface area contributed by atoms with Crippen molar-refractivity contribution in [1.29, 1.82) is 0 Å². The largest absolute Gasteiger partial charge is 0.348 e. The molecule has 204 valence electrons. The van der Waals surface area contributed by atoms with E-state index in [0.29, 0.717) is 26.7 Å². The highest BCUT2D eigenvalue weighted by molar-refractivity contribution is 6.05. The molecule has 0 bridgehead atoms. The average molecular weight is 527 g/mol. The van der Waals surface area contributed by atoms with Gasteiger partial charge in [0.2, 0.25) is 11.8 Å². The van der Waals surface area contributed by atoms with E-state index in [0.717, 1.165) is 11.1 Å². The summed E-state index contributed by atoms with van der Waals surface area (Å²) in [5.41, 5.74) is 0.795. The first-order chi connectivity index (χ1) is 17.0. The zero-order valence-corrected chi connectivity index (χ0v) is 21.9. The number of alkyl halides is 4.